The van der Waals surface area contributed by atoms with E-state index < -0.39 is 23.9 Å². The molecule has 0 saturated carbocycles. The second-order valence-corrected chi connectivity index (χ2v) is 12.2. The number of anilines is 1. The number of aromatic nitrogens is 1. The fourth-order valence-electron chi connectivity index (χ4n) is 5.63. The number of benzene rings is 1. The van der Waals surface area contributed by atoms with Crippen molar-refractivity contribution in [3.8, 4) is 0 Å². The van der Waals surface area contributed by atoms with E-state index in [9.17, 15) is 14.4 Å². The summed E-state index contributed by atoms with van der Waals surface area (Å²) in [5, 5.41) is 4.06. The molecular weight excluding hydrogens is 526 g/mol. The Hall–Kier alpha value is -3.30. The number of nitrogens with zero attached hydrogens (tertiary/aromatic N) is 2. The lowest BCUT2D eigenvalue weighted by atomic mass is 9.88. The van der Waals surface area contributed by atoms with E-state index in [0.717, 1.165) is 59.4 Å². The van der Waals surface area contributed by atoms with Crippen LogP contribution in [-0.2, 0) is 40.1 Å². The molecule has 0 fully saturated rings. The zero-order valence-corrected chi connectivity index (χ0v) is 24.7. The largest absolute Gasteiger partial charge is 0.462 e. The topological polar surface area (TPSA) is 97.8 Å². The molecule has 0 bridgehead atoms. The molecule has 2 aromatic heterocycles. The number of para-hydroxylation sites is 1. The van der Waals surface area contributed by atoms with Crippen LogP contribution in [0.5, 0.6) is 0 Å². The summed E-state index contributed by atoms with van der Waals surface area (Å²) in [5.74, 6) is -0.953. The van der Waals surface area contributed by atoms with Gasteiger partial charge in [-0.15, -0.1) is 11.3 Å². The van der Waals surface area contributed by atoms with Crippen molar-refractivity contribution in [2.45, 2.75) is 79.0 Å². The van der Waals surface area contributed by atoms with Gasteiger partial charge in [-0.25, -0.2) is 9.59 Å². The van der Waals surface area contributed by atoms with Crippen molar-refractivity contribution in [1.82, 2.24) is 9.88 Å². The number of nitrogens with one attached hydrogen (secondary N) is 1. The number of hydrogen-bond acceptors (Lipinski definition) is 8. The van der Waals surface area contributed by atoms with Crippen molar-refractivity contribution >= 4 is 45.1 Å². The van der Waals surface area contributed by atoms with Gasteiger partial charge in [-0.05, 0) is 64.5 Å². The molecular formula is C31H37N3O5S. The number of rotatable bonds is 7. The maximum Gasteiger partial charge on any atom is 0.341 e. The van der Waals surface area contributed by atoms with Gasteiger partial charge in [-0.2, -0.15) is 0 Å². The van der Waals surface area contributed by atoms with E-state index >= 15 is 0 Å². The van der Waals surface area contributed by atoms with E-state index in [1.807, 2.05) is 24.3 Å². The highest BCUT2D eigenvalue weighted by atomic mass is 32.1. The molecule has 3 aromatic rings. The van der Waals surface area contributed by atoms with Crippen molar-refractivity contribution in [1.29, 1.82) is 0 Å². The quantitative estimate of drug-likeness (QED) is 0.377. The molecule has 0 saturated heterocycles. The molecule has 212 valence electrons. The molecule has 0 radical (unpaired) electrons. The van der Waals surface area contributed by atoms with Crippen LogP contribution in [0.15, 0.2) is 24.3 Å². The normalized spacial score (nSPS) is 17.7. The lowest BCUT2D eigenvalue weighted by Crippen LogP contribution is -2.37. The van der Waals surface area contributed by atoms with Crippen LogP contribution < -0.4 is 5.32 Å². The lowest BCUT2D eigenvalue weighted by molar-refractivity contribution is -0.123. The molecule has 1 aromatic carbocycles. The summed E-state index contributed by atoms with van der Waals surface area (Å²) >= 11 is 1.42. The van der Waals surface area contributed by atoms with E-state index in [-0.39, 0.29) is 6.61 Å². The van der Waals surface area contributed by atoms with Gasteiger partial charge >= 0.3 is 11.9 Å². The van der Waals surface area contributed by atoms with Gasteiger partial charge in [0.15, 0.2) is 6.10 Å². The van der Waals surface area contributed by atoms with Crippen molar-refractivity contribution in [3.05, 3.63) is 57.1 Å². The summed E-state index contributed by atoms with van der Waals surface area (Å²) in [4.78, 5) is 48.2. The molecule has 2 atom stereocenters. The van der Waals surface area contributed by atoms with Crippen molar-refractivity contribution < 1.29 is 23.9 Å². The first-order valence-corrected chi connectivity index (χ1v) is 15.0. The average Bonchev–Trinajstić information content (AvgIpc) is 3.27. The van der Waals surface area contributed by atoms with Crippen LogP contribution in [0.2, 0.25) is 0 Å². The Labute approximate surface area is 239 Å². The van der Waals surface area contributed by atoms with Crippen molar-refractivity contribution in [3.63, 3.8) is 0 Å². The highest BCUT2D eigenvalue weighted by Gasteiger charge is 2.32. The number of pyridine rings is 1. The fraction of sp³-hybridized carbons (Fsp3) is 0.484. The molecule has 0 spiro atoms. The van der Waals surface area contributed by atoms with Crippen LogP contribution >= 0.6 is 11.3 Å². The third kappa shape index (κ3) is 5.49. The minimum absolute atomic E-state index is 0.250. The molecule has 1 amide bonds. The van der Waals surface area contributed by atoms with Gasteiger partial charge < -0.3 is 14.8 Å². The van der Waals surface area contributed by atoms with Gasteiger partial charge in [0.2, 0.25) is 0 Å². The third-order valence-electron chi connectivity index (χ3n) is 7.89. The number of carbonyl (C=O) groups excluding carboxylic acids is 3. The Morgan fingerprint density at radius 3 is 2.62 bits per heavy atom. The van der Waals surface area contributed by atoms with E-state index in [1.165, 1.54) is 11.3 Å². The molecule has 2 unspecified atom stereocenters. The molecule has 1 aliphatic carbocycles. The smallest absolute Gasteiger partial charge is 0.341 e. The minimum atomic E-state index is -1.08. The van der Waals surface area contributed by atoms with E-state index in [0.29, 0.717) is 40.0 Å². The van der Waals surface area contributed by atoms with Gasteiger partial charge in [0.1, 0.15) is 5.00 Å². The second kappa shape index (κ2) is 11.7. The van der Waals surface area contributed by atoms with E-state index in [2.05, 4.69) is 31.0 Å². The monoisotopic (exact) mass is 563 g/mol. The predicted molar refractivity (Wildman–Crippen MR) is 156 cm³/mol. The van der Waals surface area contributed by atoms with Crippen LogP contribution in [-0.4, -0.2) is 53.0 Å². The van der Waals surface area contributed by atoms with Crippen LogP contribution in [0.4, 0.5) is 5.00 Å². The van der Waals surface area contributed by atoms with Crippen LogP contribution in [0.3, 0.4) is 0 Å². The summed E-state index contributed by atoms with van der Waals surface area (Å²) in [6.07, 6.45) is 2.28. The van der Waals surface area contributed by atoms with Gasteiger partial charge in [0, 0.05) is 47.1 Å². The van der Waals surface area contributed by atoms with Crippen LogP contribution in [0, 0.1) is 5.92 Å². The molecule has 1 N–H and O–H groups in total. The number of esters is 2. The molecule has 8 nitrogen and oxygen atoms in total. The van der Waals surface area contributed by atoms with Gasteiger partial charge in [0.25, 0.3) is 5.91 Å². The number of carbonyl (C=O) groups is 3. The SMILES string of the molecule is CCOC(=O)c1c(NC(=O)C(C)OC(=O)c2c3c(nc4ccccc24)CCN(C(C)C)C3)sc2c1CCC(C)C2. The molecule has 2 aliphatic rings. The zero-order valence-electron chi connectivity index (χ0n) is 23.8. The summed E-state index contributed by atoms with van der Waals surface area (Å²) < 4.78 is 11.1. The van der Waals surface area contributed by atoms with Gasteiger partial charge in [-0.1, -0.05) is 25.1 Å². The number of fused-ring (bicyclic) bond motifs is 3. The molecule has 9 heteroatoms. The van der Waals surface area contributed by atoms with Crippen LogP contribution in [0.25, 0.3) is 10.9 Å². The van der Waals surface area contributed by atoms with Gasteiger partial charge in [0.05, 0.1) is 23.3 Å². The first-order valence-electron chi connectivity index (χ1n) is 14.2. The minimum Gasteiger partial charge on any atom is -0.462 e. The summed E-state index contributed by atoms with van der Waals surface area (Å²) in [6, 6.07) is 7.87. The number of amides is 1. The highest BCUT2D eigenvalue weighted by molar-refractivity contribution is 7.17. The Bertz CT molecular complexity index is 1460. The third-order valence-corrected chi connectivity index (χ3v) is 9.06. The Kier molecular flexibility index (Phi) is 8.24. The maximum absolute atomic E-state index is 13.7. The fourth-order valence-corrected chi connectivity index (χ4v) is 7.03. The first-order chi connectivity index (χ1) is 19.2. The Morgan fingerprint density at radius 2 is 1.88 bits per heavy atom. The van der Waals surface area contributed by atoms with Crippen molar-refractivity contribution in [2.24, 2.45) is 5.92 Å². The summed E-state index contributed by atoms with van der Waals surface area (Å²) in [5.41, 5.74) is 4.37. The summed E-state index contributed by atoms with van der Waals surface area (Å²) in [6.45, 7) is 11.5. The number of hydrogen-bond donors (Lipinski definition) is 1. The van der Waals surface area contributed by atoms with Crippen molar-refractivity contribution in [2.75, 3.05) is 18.5 Å². The molecule has 1 aliphatic heterocycles. The standard InChI is InChI=1S/C31H37N3O5S/c1-6-38-30(36)27-21-12-11-18(4)15-25(21)40-29(27)33-28(35)19(5)39-31(37)26-20-9-7-8-10-23(20)32-24-13-14-34(17(2)3)16-22(24)26/h7-10,17-19H,6,11-16H2,1-5H3,(H,33,35). The number of ether oxygens (including phenoxy) is 2. The van der Waals surface area contributed by atoms with E-state index in [1.54, 1.807) is 13.8 Å². The second-order valence-electron chi connectivity index (χ2n) is 11.1. The maximum atomic E-state index is 13.7. The predicted octanol–water partition coefficient (Wildman–Crippen LogP) is 5.55. The first kappa shape index (κ1) is 28.2. The average molecular weight is 564 g/mol. The van der Waals surface area contributed by atoms with E-state index in [4.69, 9.17) is 14.5 Å². The zero-order chi connectivity index (χ0) is 28.6. The van der Waals surface area contributed by atoms with Crippen LogP contribution in [0.1, 0.15) is 83.5 Å². The van der Waals surface area contributed by atoms with Gasteiger partial charge in [-0.3, -0.25) is 14.7 Å². The Balaban J connectivity index is 1.41. The lowest BCUT2D eigenvalue weighted by Gasteiger charge is -2.32. The number of thiophene rings is 1. The highest BCUT2D eigenvalue weighted by Crippen LogP contribution is 2.40. The molecule has 5 rings (SSSR count). The Morgan fingerprint density at radius 1 is 1.10 bits per heavy atom. The molecule has 3 heterocycles. The molecule has 40 heavy (non-hydrogen) atoms. The summed E-state index contributed by atoms with van der Waals surface area (Å²) in [7, 11) is 0.